The van der Waals surface area contributed by atoms with Gasteiger partial charge in [-0.15, -0.1) is 11.6 Å². The number of hydrogen-bond acceptors (Lipinski definition) is 2. The Labute approximate surface area is 89.6 Å². The Morgan fingerprint density at radius 1 is 1.36 bits per heavy atom. The molecular weight excluding hydrogens is 204 g/mol. The molecule has 0 aromatic carbocycles. The van der Waals surface area contributed by atoms with Crippen LogP contribution < -0.4 is 5.32 Å². The van der Waals surface area contributed by atoms with Gasteiger partial charge in [0.15, 0.2) is 0 Å². The molecule has 0 heterocycles. The van der Waals surface area contributed by atoms with Crippen LogP contribution in [0.1, 0.15) is 26.7 Å². The number of nitrogens with zero attached hydrogens (tertiary/aromatic N) is 1. The summed E-state index contributed by atoms with van der Waals surface area (Å²) in [4.78, 5) is 23.8. The molecule has 3 amide bonds. The summed E-state index contributed by atoms with van der Waals surface area (Å²) in [5.41, 5.74) is 0. The predicted octanol–water partition coefficient (Wildman–Crippen LogP) is 1.58. The highest BCUT2D eigenvalue weighted by Crippen LogP contribution is 2.05. The van der Waals surface area contributed by atoms with Crippen molar-refractivity contribution in [2.45, 2.75) is 32.7 Å². The monoisotopic (exact) mass is 220 g/mol. The third-order valence-electron chi connectivity index (χ3n) is 2.18. The van der Waals surface area contributed by atoms with Crippen LogP contribution in [-0.4, -0.2) is 35.8 Å². The van der Waals surface area contributed by atoms with Crippen LogP contribution in [0.3, 0.4) is 0 Å². The molecule has 5 heteroatoms. The van der Waals surface area contributed by atoms with Crippen molar-refractivity contribution >= 4 is 23.5 Å². The minimum absolute atomic E-state index is 0.165. The molecule has 0 radical (unpaired) electrons. The molecule has 0 unspecified atom stereocenters. The summed E-state index contributed by atoms with van der Waals surface area (Å²) in [6.45, 7) is 4.00. The van der Waals surface area contributed by atoms with E-state index in [1.807, 2.05) is 13.8 Å². The van der Waals surface area contributed by atoms with Gasteiger partial charge in [0.2, 0.25) is 5.91 Å². The number of carbonyl (C=O) groups excluding carboxylic acids is 2. The highest BCUT2D eigenvalue weighted by atomic mass is 35.5. The number of rotatable bonds is 4. The van der Waals surface area contributed by atoms with Gasteiger partial charge in [-0.1, -0.05) is 13.8 Å². The molecule has 0 aromatic heterocycles. The van der Waals surface area contributed by atoms with E-state index in [4.69, 9.17) is 11.6 Å². The second-order valence-electron chi connectivity index (χ2n) is 3.07. The van der Waals surface area contributed by atoms with Gasteiger partial charge in [-0.05, 0) is 12.8 Å². The number of halogens is 1. The van der Waals surface area contributed by atoms with Gasteiger partial charge in [0.25, 0.3) is 0 Å². The normalized spacial score (nSPS) is 10.1. The zero-order chi connectivity index (χ0) is 11.1. The third kappa shape index (κ3) is 3.96. The number of carbonyl (C=O) groups is 2. The van der Waals surface area contributed by atoms with E-state index in [-0.39, 0.29) is 18.0 Å². The quantitative estimate of drug-likeness (QED) is 0.732. The molecule has 82 valence electrons. The summed E-state index contributed by atoms with van der Waals surface area (Å²) in [7, 11) is 1.68. The number of nitrogens with one attached hydrogen (secondary N) is 1. The molecule has 0 bridgehead atoms. The summed E-state index contributed by atoms with van der Waals surface area (Å²) >= 11 is 5.27. The average molecular weight is 221 g/mol. The first-order valence-electron chi connectivity index (χ1n) is 4.69. The van der Waals surface area contributed by atoms with E-state index in [1.165, 1.54) is 4.90 Å². The van der Waals surface area contributed by atoms with E-state index >= 15 is 0 Å². The maximum Gasteiger partial charge on any atom is 0.324 e. The highest BCUT2D eigenvalue weighted by molar-refractivity contribution is 6.28. The lowest BCUT2D eigenvalue weighted by Gasteiger charge is -2.25. The Bertz CT molecular complexity index is 205. The van der Waals surface area contributed by atoms with Crippen LogP contribution in [-0.2, 0) is 4.79 Å². The molecule has 0 aliphatic heterocycles. The molecule has 0 aliphatic rings. The average Bonchev–Trinajstić information content (AvgIpc) is 2.19. The van der Waals surface area contributed by atoms with Crippen molar-refractivity contribution in [3.63, 3.8) is 0 Å². The van der Waals surface area contributed by atoms with Crippen LogP contribution in [0, 0.1) is 0 Å². The molecule has 1 N–H and O–H groups in total. The van der Waals surface area contributed by atoms with Gasteiger partial charge in [0.05, 0.1) is 0 Å². The zero-order valence-corrected chi connectivity index (χ0v) is 9.60. The standard InChI is InChI=1S/C9H17ClN2O2/c1-4-7(5-2)12(3)9(14)11-8(13)6-10/h7H,4-6H2,1-3H3,(H,11,13,14). The second kappa shape index (κ2) is 6.65. The van der Waals surface area contributed by atoms with Crippen molar-refractivity contribution in [3.05, 3.63) is 0 Å². The van der Waals surface area contributed by atoms with E-state index < -0.39 is 5.91 Å². The largest absolute Gasteiger partial charge is 0.325 e. The Morgan fingerprint density at radius 2 is 1.86 bits per heavy atom. The predicted molar refractivity (Wildman–Crippen MR) is 56.4 cm³/mol. The fourth-order valence-corrected chi connectivity index (χ4v) is 1.31. The molecular formula is C9H17ClN2O2. The molecule has 0 atom stereocenters. The number of alkyl halides is 1. The van der Waals surface area contributed by atoms with Crippen molar-refractivity contribution in [3.8, 4) is 0 Å². The molecule has 0 spiro atoms. The van der Waals surface area contributed by atoms with Crippen LogP contribution in [0.25, 0.3) is 0 Å². The Kier molecular flexibility index (Phi) is 6.28. The first kappa shape index (κ1) is 13.2. The van der Waals surface area contributed by atoms with Crippen LogP contribution in [0.5, 0.6) is 0 Å². The molecule has 14 heavy (non-hydrogen) atoms. The second-order valence-corrected chi connectivity index (χ2v) is 3.34. The molecule has 0 aliphatic carbocycles. The van der Waals surface area contributed by atoms with Crippen molar-refractivity contribution in [2.24, 2.45) is 0 Å². The Balaban J connectivity index is 4.16. The maximum absolute atomic E-state index is 11.4. The number of imide groups is 1. The Hall–Kier alpha value is -0.770. The van der Waals surface area contributed by atoms with Crippen LogP contribution in [0.2, 0.25) is 0 Å². The van der Waals surface area contributed by atoms with Gasteiger partial charge in [-0.2, -0.15) is 0 Å². The van der Waals surface area contributed by atoms with Crippen LogP contribution >= 0.6 is 11.6 Å². The smallest absolute Gasteiger partial charge is 0.324 e. The van der Waals surface area contributed by atoms with Crippen LogP contribution in [0.4, 0.5) is 4.79 Å². The Morgan fingerprint density at radius 3 is 2.21 bits per heavy atom. The fraction of sp³-hybridized carbons (Fsp3) is 0.778. The van der Waals surface area contributed by atoms with E-state index in [0.717, 1.165) is 12.8 Å². The van der Waals surface area contributed by atoms with E-state index in [2.05, 4.69) is 5.32 Å². The zero-order valence-electron chi connectivity index (χ0n) is 8.84. The van der Waals surface area contributed by atoms with Gasteiger partial charge >= 0.3 is 6.03 Å². The minimum Gasteiger partial charge on any atom is -0.325 e. The van der Waals surface area contributed by atoms with Crippen molar-refractivity contribution < 1.29 is 9.59 Å². The molecule has 4 nitrogen and oxygen atoms in total. The van der Waals surface area contributed by atoms with Gasteiger partial charge in [-0.25, -0.2) is 4.79 Å². The lowest BCUT2D eigenvalue weighted by atomic mass is 10.1. The number of amides is 3. The first-order chi connectivity index (χ1) is 6.56. The van der Waals surface area contributed by atoms with Gasteiger partial charge in [-0.3, -0.25) is 10.1 Å². The molecule has 0 aromatic rings. The fourth-order valence-electron chi connectivity index (χ4n) is 1.24. The molecule has 0 rings (SSSR count). The van der Waals surface area contributed by atoms with E-state index in [0.29, 0.717) is 0 Å². The van der Waals surface area contributed by atoms with Crippen molar-refractivity contribution in [1.29, 1.82) is 0 Å². The van der Waals surface area contributed by atoms with Crippen molar-refractivity contribution in [1.82, 2.24) is 10.2 Å². The topological polar surface area (TPSA) is 49.4 Å². The van der Waals surface area contributed by atoms with Gasteiger partial charge in [0.1, 0.15) is 5.88 Å². The highest BCUT2D eigenvalue weighted by Gasteiger charge is 2.17. The first-order valence-corrected chi connectivity index (χ1v) is 5.22. The van der Waals surface area contributed by atoms with E-state index in [9.17, 15) is 9.59 Å². The van der Waals surface area contributed by atoms with Crippen molar-refractivity contribution in [2.75, 3.05) is 12.9 Å². The van der Waals surface area contributed by atoms with Gasteiger partial charge in [0, 0.05) is 13.1 Å². The van der Waals surface area contributed by atoms with Gasteiger partial charge < -0.3 is 4.90 Å². The maximum atomic E-state index is 11.4. The van der Waals surface area contributed by atoms with Crippen LogP contribution in [0.15, 0.2) is 0 Å². The number of urea groups is 1. The summed E-state index contributed by atoms with van der Waals surface area (Å²) in [6.07, 6.45) is 1.74. The summed E-state index contributed by atoms with van der Waals surface area (Å²) < 4.78 is 0. The summed E-state index contributed by atoms with van der Waals surface area (Å²) in [5, 5.41) is 2.19. The molecule has 0 saturated heterocycles. The minimum atomic E-state index is -0.463. The SMILES string of the molecule is CCC(CC)N(C)C(=O)NC(=O)CCl. The molecule has 0 saturated carbocycles. The van der Waals surface area contributed by atoms with E-state index in [1.54, 1.807) is 7.05 Å². The number of hydrogen-bond donors (Lipinski definition) is 1. The lowest BCUT2D eigenvalue weighted by Crippen LogP contribution is -2.45. The lowest BCUT2D eigenvalue weighted by molar-refractivity contribution is -0.117. The summed E-state index contributed by atoms with van der Waals surface area (Å²) in [5.74, 6) is -0.655. The third-order valence-corrected chi connectivity index (χ3v) is 2.42. The molecule has 0 fully saturated rings. The summed E-state index contributed by atoms with van der Waals surface area (Å²) in [6, 6.07) is -0.220.